The molecule has 0 N–H and O–H groups in total. The summed E-state index contributed by atoms with van der Waals surface area (Å²) in [5.74, 6) is -0.697. The first kappa shape index (κ1) is 22.3. The van der Waals surface area contributed by atoms with E-state index in [0.29, 0.717) is 50.2 Å². The number of hydrogen-bond acceptors (Lipinski definition) is 8. The largest absolute Gasteiger partial charge is 0.497 e. The summed E-state index contributed by atoms with van der Waals surface area (Å²) in [4.78, 5) is 49.0. The number of amides is 3. The maximum absolute atomic E-state index is 13.7. The first-order valence-corrected chi connectivity index (χ1v) is 12.6. The summed E-state index contributed by atoms with van der Waals surface area (Å²) in [6.45, 7) is 4.04. The van der Waals surface area contributed by atoms with Crippen molar-refractivity contribution < 1.29 is 28.6 Å². The van der Waals surface area contributed by atoms with Gasteiger partial charge in [-0.2, -0.15) is 0 Å². The molecular weight excluding hydrogens is 472 g/mol. The predicted molar refractivity (Wildman–Crippen MR) is 127 cm³/mol. The number of carbonyl (C=O) groups excluding carboxylic acids is 3. The van der Waals surface area contributed by atoms with Gasteiger partial charge in [-0.25, -0.2) is 9.78 Å². The van der Waals surface area contributed by atoms with Crippen LogP contribution in [0.3, 0.4) is 0 Å². The van der Waals surface area contributed by atoms with Crippen LogP contribution in [0.5, 0.6) is 5.75 Å². The number of carbonyl (C=O) groups is 3. The lowest BCUT2D eigenvalue weighted by molar-refractivity contribution is -0.141. The van der Waals surface area contributed by atoms with Gasteiger partial charge in [0.1, 0.15) is 11.4 Å². The molecule has 1 aromatic carbocycles. The van der Waals surface area contributed by atoms with Gasteiger partial charge < -0.3 is 24.0 Å². The molecule has 11 heteroatoms. The lowest BCUT2D eigenvalue weighted by atomic mass is 9.76. The predicted octanol–water partition coefficient (Wildman–Crippen LogP) is 1.89. The molecule has 5 heterocycles. The first-order valence-electron chi connectivity index (χ1n) is 11.8. The van der Waals surface area contributed by atoms with E-state index in [-0.39, 0.29) is 17.9 Å². The van der Waals surface area contributed by atoms with Gasteiger partial charge in [-0.15, -0.1) is 0 Å². The number of thiazole rings is 1. The topological polar surface area (TPSA) is 102 Å². The minimum Gasteiger partial charge on any atom is -0.497 e. The van der Waals surface area contributed by atoms with Gasteiger partial charge in [-0.3, -0.25) is 14.5 Å². The van der Waals surface area contributed by atoms with Crippen molar-refractivity contribution in [2.45, 2.75) is 18.6 Å². The van der Waals surface area contributed by atoms with Crippen LogP contribution in [0.25, 0.3) is 10.2 Å². The molecule has 4 atom stereocenters. The number of anilines is 1. The van der Waals surface area contributed by atoms with E-state index in [0.717, 1.165) is 10.2 Å². The first-order chi connectivity index (χ1) is 16.9. The van der Waals surface area contributed by atoms with E-state index in [1.54, 1.807) is 28.7 Å². The summed E-state index contributed by atoms with van der Waals surface area (Å²) in [7, 11) is 1.60. The zero-order valence-corrected chi connectivity index (χ0v) is 20.3. The minimum atomic E-state index is -0.815. The van der Waals surface area contributed by atoms with E-state index in [1.165, 1.54) is 11.3 Å². The summed E-state index contributed by atoms with van der Waals surface area (Å²) in [5, 5.41) is 0.594. The molecule has 4 aliphatic heterocycles. The molecule has 10 nitrogen and oxygen atoms in total. The van der Waals surface area contributed by atoms with Gasteiger partial charge in [0.15, 0.2) is 5.13 Å². The quantitative estimate of drug-likeness (QED) is 0.594. The average molecular weight is 499 g/mol. The van der Waals surface area contributed by atoms with E-state index < -0.39 is 23.5 Å². The van der Waals surface area contributed by atoms with Crippen molar-refractivity contribution in [1.82, 2.24) is 14.8 Å². The SMILES string of the molecule is CCOC(=O)N1CCN(C(=O)[C@H]2[C@H]3C(=O)N(c4nc5cc(OC)ccc5s4)C[C@]34C=C[C@H]2O4)CC1. The molecule has 1 spiro atoms. The highest BCUT2D eigenvalue weighted by molar-refractivity contribution is 7.22. The smallest absolute Gasteiger partial charge is 0.409 e. The lowest BCUT2D eigenvalue weighted by Crippen LogP contribution is -2.54. The minimum absolute atomic E-state index is 0.0982. The number of fused-ring (bicyclic) bond motifs is 2. The van der Waals surface area contributed by atoms with Crippen molar-refractivity contribution in [2.24, 2.45) is 11.8 Å². The number of hydrogen-bond donors (Lipinski definition) is 0. The molecule has 35 heavy (non-hydrogen) atoms. The third-order valence-corrected chi connectivity index (χ3v) is 8.38. The fourth-order valence-electron chi connectivity index (χ4n) is 5.61. The Morgan fingerprint density at radius 3 is 2.74 bits per heavy atom. The van der Waals surface area contributed by atoms with Crippen LogP contribution in [0.1, 0.15) is 6.92 Å². The van der Waals surface area contributed by atoms with Crippen LogP contribution in [0.15, 0.2) is 30.4 Å². The molecule has 0 saturated carbocycles. The van der Waals surface area contributed by atoms with Crippen LogP contribution in [0.4, 0.5) is 9.93 Å². The highest BCUT2D eigenvalue weighted by Gasteiger charge is 2.67. The number of aromatic nitrogens is 1. The van der Waals surface area contributed by atoms with Crippen LogP contribution in [0.2, 0.25) is 0 Å². The molecule has 0 aliphatic carbocycles. The molecule has 0 radical (unpaired) electrons. The molecule has 4 aliphatic rings. The number of ether oxygens (including phenoxy) is 3. The summed E-state index contributed by atoms with van der Waals surface area (Å²) in [6, 6.07) is 5.64. The van der Waals surface area contributed by atoms with Gasteiger partial charge in [0, 0.05) is 32.2 Å². The standard InChI is InChI=1S/C24H26N4O6S/c1-3-33-23(31)27-10-8-26(9-11-27)20(29)18-16-6-7-24(34-16)13-28(21(30)19(18)24)22-25-15-12-14(32-2)4-5-17(15)35-22/h4-7,12,16,18-19H,3,8-11,13H2,1-2H3/t16-,18-,19+,24-/m1/s1. The number of piperazine rings is 1. The molecule has 3 saturated heterocycles. The van der Waals surface area contributed by atoms with Crippen LogP contribution in [-0.2, 0) is 19.1 Å². The molecule has 6 rings (SSSR count). The van der Waals surface area contributed by atoms with Crippen molar-refractivity contribution in [1.29, 1.82) is 0 Å². The summed E-state index contributed by atoms with van der Waals surface area (Å²) in [5.41, 5.74) is -0.0516. The van der Waals surface area contributed by atoms with Crippen LogP contribution >= 0.6 is 11.3 Å². The van der Waals surface area contributed by atoms with Gasteiger partial charge in [0.2, 0.25) is 11.8 Å². The molecule has 2 aromatic rings. The normalized spacial score (nSPS) is 29.3. The Bertz CT molecular complexity index is 1240. The van der Waals surface area contributed by atoms with Gasteiger partial charge >= 0.3 is 6.09 Å². The second-order valence-corrected chi connectivity index (χ2v) is 10.2. The van der Waals surface area contributed by atoms with Crippen LogP contribution < -0.4 is 9.64 Å². The fraction of sp³-hybridized carbons (Fsp3) is 0.500. The maximum atomic E-state index is 13.7. The third-order valence-electron chi connectivity index (χ3n) is 7.32. The van der Waals surface area contributed by atoms with Crippen molar-refractivity contribution in [3.05, 3.63) is 30.4 Å². The Morgan fingerprint density at radius 1 is 1.23 bits per heavy atom. The van der Waals surface area contributed by atoms with Crippen molar-refractivity contribution in [3.63, 3.8) is 0 Å². The zero-order valence-electron chi connectivity index (χ0n) is 19.5. The summed E-state index contributed by atoms with van der Waals surface area (Å²) in [6.07, 6.45) is 3.08. The summed E-state index contributed by atoms with van der Waals surface area (Å²) < 4.78 is 17.6. The van der Waals surface area contributed by atoms with Crippen molar-refractivity contribution in [3.8, 4) is 5.75 Å². The van der Waals surface area contributed by atoms with Gasteiger partial charge in [0.05, 0.1) is 48.4 Å². The maximum Gasteiger partial charge on any atom is 0.409 e. The Hall–Kier alpha value is -3.18. The van der Waals surface area contributed by atoms with Crippen LogP contribution in [0, 0.1) is 11.8 Å². The second kappa shape index (κ2) is 8.20. The number of methoxy groups -OCH3 is 1. The van der Waals surface area contributed by atoms with Gasteiger partial charge in [-0.05, 0) is 19.1 Å². The molecule has 1 aromatic heterocycles. The molecular formula is C24H26N4O6S. The highest BCUT2D eigenvalue weighted by atomic mass is 32.1. The Balaban J connectivity index is 1.22. The Morgan fingerprint density at radius 2 is 2.00 bits per heavy atom. The van der Waals surface area contributed by atoms with E-state index in [9.17, 15) is 14.4 Å². The molecule has 184 valence electrons. The van der Waals surface area contributed by atoms with E-state index >= 15 is 0 Å². The van der Waals surface area contributed by atoms with Crippen molar-refractivity contribution >= 4 is 44.6 Å². The second-order valence-electron chi connectivity index (χ2n) is 9.17. The number of rotatable bonds is 4. The Kier molecular flexibility index (Phi) is 5.22. The molecule has 2 bridgehead atoms. The van der Waals surface area contributed by atoms with Gasteiger partial charge in [0.25, 0.3) is 0 Å². The lowest BCUT2D eigenvalue weighted by Gasteiger charge is -2.36. The summed E-state index contributed by atoms with van der Waals surface area (Å²) >= 11 is 1.44. The molecule has 0 unspecified atom stereocenters. The van der Waals surface area contributed by atoms with Crippen molar-refractivity contribution in [2.75, 3.05) is 51.3 Å². The monoisotopic (exact) mass is 498 g/mol. The highest BCUT2D eigenvalue weighted by Crippen LogP contribution is 2.53. The van der Waals surface area contributed by atoms with E-state index in [4.69, 9.17) is 14.2 Å². The zero-order chi connectivity index (χ0) is 24.3. The number of benzene rings is 1. The average Bonchev–Trinajstić information content (AvgIpc) is 3.62. The Labute approximate surface area is 206 Å². The molecule has 3 fully saturated rings. The third kappa shape index (κ3) is 3.40. The van der Waals surface area contributed by atoms with E-state index in [1.807, 2.05) is 30.4 Å². The van der Waals surface area contributed by atoms with E-state index in [2.05, 4.69) is 4.98 Å². The number of nitrogens with zero attached hydrogens (tertiary/aromatic N) is 4. The fourth-order valence-corrected chi connectivity index (χ4v) is 6.57. The van der Waals surface area contributed by atoms with Gasteiger partial charge in [-0.1, -0.05) is 23.5 Å². The molecule has 3 amide bonds. The van der Waals surface area contributed by atoms with Crippen LogP contribution in [-0.4, -0.2) is 90.8 Å².